The van der Waals surface area contributed by atoms with Crippen LogP contribution in [0.2, 0.25) is 0 Å². The highest BCUT2D eigenvalue weighted by molar-refractivity contribution is 7.89. The van der Waals surface area contributed by atoms with E-state index in [2.05, 4.69) is 5.10 Å². The van der Waals surface area contributed by atoms with Gasteiger partial charge in [0.2, 0.25) is 10.0 Å². The highest BCUT2D eigenvalue weighted by atomic mass is 32.2. The molecule has 0 unspecified atom stereocenters. The minimum Gasteiger partial charge on any atom is -0.276 e. The standard InChI is InChI=1S/C16H20FN3O2S/c1-12-3-4-15(17)8-16(12)23(21,22)20-6-5-13(11-20)7-14-9-18-19(2)10-14/h3-4,8-10,13H,5-7,11H2,1-2H3/t13-/m0/s1. The van der Waals surface area contributed by atoms with Gasteiger partial charge in [0.1, 0.15) is 5.82 Å². The molecule has 2 heterocycles. The van der Waals surface area contributed by atoms with Gasteiger partial charge in [-0.15, -0.1) is 0 Å². The van der Waals surface area contributed by atoms with Crippen LogP contribution in [0.4, 0.5) is 4.39 Å². The summed E-state index contributed by atoms with van der Waals surface area (Å²) in [7, 11) is -1.78. The molecule has 23 heavy (non-hydrogen) atoms. The molecule has 1 aliphatic rings. The van der Waals surface area contributed by atoms with E-state index in [1.54, 1.807) is 11.6 Å². The molecule has 1 aromatic heterocycles. The number of aromatic nitrogens is 2. The van der Waals surface area contributed by atoms with Crippen molar-refractivity contribution in [3.63, 3.8) is 0 Å². The van der Waals surface area contributed by atoms with Crippen molar-refractivity contribution < 1.29 is 12.8 Å². The summed E-state index contributed by atoms with van der Waals surface area (Å²) in [6, 6.07) is 3.90. The minimum absolute atomic E-state index is 0.0690. The topological polar surface area (TPSA) is 55.2 Å². The number of halogens is 1. The quantitative estimate of drug-likeness (QED) is 0.859. The fourth-order valence-corrected chi connectivity index (χ4v) is 4.85. The SMILES string of the molecule is Cc1ccc(F)cc1S(=O)(=O)N1CC[C@@H](Cc2cnn(C)c2)C1. The number of rotatable bonds is 4. The summed E-state index contributed by atoms with van der Waals surface area (Å²) in [5.74, 6) is -0.261. The molecule has 0 radical (unpaired) electrons. The van der Waals surface area contributed by atoms with E-state index < -0.39 is 15.8 Å². The number of benzene rings is 1. The van der Waals surface area contributed by atoms with Crippen LogP contribution in [0.15, 0.2) is 35.5 Å². The molecule has 2 aromatic rings. The van der Waals surface area contributed by atoms with Gasteiger partial charge < -0.3 is 0 Å². The second kappa shape index (κ2) is 6.05. The van der Waals surface area contributed by atoms with E-state index in [0.29, 0.717) is 18.7 Å². The van der Waals surface area contributed by atoms with E-state index in [1.807, 2.05) is 19.4 Å². The van der Waals surface area contributed by atoms with Crippen LogP contribution in [0.25, 0.3) is 0 Å². The third-order valence-corrected chi connectivity index (χ3v) is 6.31. The van der Waals surface area contributed by atoms with Gasteiger partial charge in [-0.25, -0.2) is 12.8 Å². The molecule has 5 nitrogen and oxygen atoms in total. The summed E-state index contributed by atoms with van der Waals surface area (Å²) >= 11 is 0. The largest absolute Gasteiger partial charge is 0.276 e. The van der Waals surface area contributed by atoms with Gasteiger partial charge in [-0.1, -0.05) is 6.07 Å². The van der Waals surface area contributed by atoms with Crippen molar-refractivity contribution in [2.24, 2.45) is 13.0 Å². The molecular formula is C16H20FN3O2S. The first kappa shape index (κ1) is 16.1. The van der Waals surface area contributed by atoms with E-state index in [9.17, 15) is 12.8 Å². The summed E-state index contributed by atoms with van der Waals surface area (Å²) in [4.78, 5) is 0.0690. The van der Waals surface area contributed by atoms with E-state index in [4.69, 9.17) is 0 Å². The third kappa shape index (κ3) is 3.30. The molecular weight excluding hydrogens is 317 g/mol. The molecule has 1 saturated heterocycles. The van der Waals surface area contributed by atoms with Gasteiger partial charge in [-0.3, -0.25) is 4.68 Å². The highest BCUT2D eigenvalue weighted by Crippen LogP contribution is 2.28. The van der Waals surface area contributed by atoms with Crippen molar-refractivity contribution in [1.29, 1.82) is 0 Å². The predicted octanol–water partition coefficient (Wildman–Crippen LogP) is 2.12. The van der Waals surface area contributed by atoms with Crippen LogP contribution in [-0.4, -0.2) is 35.6 Å². The molecule has 0 spiro atoms. The van der Waals surface area contributed by atoms with E-state index in [0.717, 1.165) is 24.5 Å². The molecule has 3 rings (SSSR count). The average molecular weight is 337 g/mol. The molecule has 7 heteroatoms. The predicted molar refractivity (Wildman–Crippen MR) is 84.9 cm³/mol. The summed E-state index contributed by atoms with van der Waals surface area (Å²) in [6.45, 7) is 2.63. The van der Waals surface area contributed by atoms with Crippen molar-refractivity contribution in [3.8, 4) is 0 Å². The zero-order valence-corrected chi connectivity index (χ0v) is 14.1. The lowest BCUT2D eigenvalue weighted by Gasteiger charge is -2.18. The van der Waals surface area contributed by atoms with Gasteiger partial charge in [0, 0.05) is 26.3 Å². The molecule has 0 amide bonds. The smallest absolute Gasteiger partial charge is 0.243 e. The summed E-state index contributed by atoms with van der Waals surface area (Å²) in [5, 5.41) is 4.14. The second-order valence-electron chi connectivity index (χ2n) is 6.15. The zero-order chi connectivity index (χ0) is 16.6. The second-order valence-corrected chi connectivity index (χ2v) is 8.06. The lowest BCUT2D eigenvalue weighted by atomic mass is 10.0. The van der Waals surface area contributed by atoms with Gasteiger partial charge in [-0.2, -0.15) is 9.40 Å². The third-order valence-electron chi connectivity index (χ3n) is 4.30. The number of hydrogen-bond donors (Lipinski definition) is 0. The Hall–Kier alpha value is -1.73. The van der Waals surface area contributed by atoms with Crippen LogP contribution in [0.1, 0.15) is 17.5 Å². The lowest BCUT2D eigenvalue weighted by Crippen LogP contribution is -2.29. The zero-order valence-electron chi connectivity index (χ0n) is 13.2. The van der Waals surface area contributed by atoms with Crippen LogP contribution in [0, 0.1) is 18.7 Å². The monoisotopic (exact) mass is 337 g/mol. The fourth-order valence-electron chi connectivity index (χ4n) is 3.08. The Kier molecular flexibility index (Phi) is 4.25. The van der Waals surface area contributed by atoms with Crippen molar-refractivity contribution in [2.45, 2.75) is 24.7 Å². The van der Waals surface area contributed by atoms with E-state index in [1.165, 1.54) is 16.4 Å². The molecule has 1 aromatic carbocycles. The summed E-state index contributed by atoms with van der Waals surface area (Å²) in [5.41, 5.74) is 1.68. The Balaban J connectivity index is 1.76. The summed E-state index contributed by atoms with van der Waals surface area (Å²) < 4.78 is 42.2. The maximum atomic E-state index is 13.4. The molecule has 0 N–H and O–H groups in total. The molecule has 1 fully saturated rings. The molecule has 0 saturated carbocycles. The first-order valence-corrected chi connectivity index (χ1v) is 9.04. The Labute approximate surface area is 135 Å². The maximum Gasteiger partial charge on any atom is 0.243 e. The highest BCUT2D eigenvalue weighted by Gasteiger charge is 2.33. The van der Waals surface area contributed by atoms with Crippen LogP contribution >= 0.6 is 0 Å². The molecule has 124 valence electrons. The van der Waals surface area contributed by atoms with Gasteiger partial charge >= 0.3 is 0 Å². The number of sulfonamides is 1. The van der Waals surface area contributed by atoms with Gasteiger partial charge in [0.05, 0.1) is 11.1 Å². The van der Waals surface area contributed by atoms with Crippen molar-refractivity contribution in [3.05, 3.63) is 47.5 Å². The van der Waals surface area contributed by atoms with Crippen molar-refractivity contribution >= 4 is 10.0 Å². The van der Waals surface area contributed by atoms with Gasteiger partial charge in [-0.05, 0) is 48.9 Å². The van der Waals surface area contributed by atoms with E-state index in [-0.39, 0.29) is 10.8 Å². The van der Waals surface area contributed by atoms with Crippen LogP contribution in [0.3, 0.4) is 0 Å². The van der Waals surface area contributed by atoms with E-state index >= 15 is 0 Å². The molecule has 0 bridgehead atoms. The van der Waals surface area contributed by atoms with Crippen LogP contribution in [0.5, 0.6) is 0 Å². The first-order valence-electron chi connectivity index (χ1n) is 7.60. The fraction of sp³-hybridized carbons (Fsp3) is 0.438. The number of nitrogens with zero attached hydrogens (tertiary/aromatic N) is 3. The van der Waals surface area contributed by atoms with Gasteiger partial charge in [0.15, 0.2) is 0 Å². The van der Waals surface area contributed by atoms with Crippen LogP contribution in [-0.2, 0) is 23.5 Å². The lowest BCUT2D eigenvalue weighted by molar-refractivity contribution is 0.455. The van der Waals surface area contributed by atoms with Crippen LogP contribution < -0.4 is 0 Å². The first-order chi connectivity index (χ1) is 10.9. The Morgan fingerprint density at radius 2 is 2.17 bits per heavy atom. The molecule has 0 aliphatic carbocycles. The Bertz CT molecular complexity index is 816. The van der Waals surface area contributed by atoms with Gasteiger partial charge in [0.25, 0.3) is 0 Å². The minimum atomic E-state index is -3.64. The Morgan fingerprint density at radius 1 is 1.39 bits per heavy atom. The molecule has 1 aliphatic heterocycles. The number of hydrogen-bond acceptors (Lipinski definition) is 3. The maximum absolute atomic E-state index is 13.4. The normalized spacial score (nSPS) is 19.3. The number of aryl methyl sites for hydroxylation is 2. The summed E-state index contributed by atoms with van der Waals surface area (Å²) in [6.07, 6.45) is 5.38. The van der Waals surface area contributed by atoms with Crippen molar-refractivity contribution in [1.82, 2.24) is 14.1 Å². The average Bonchev–Trinajstić information content (AvgIpc) is 3.11. The molecule has 1 atom stereocenters. The Morgan fingerprint density at radius 3 is 2.87 bits per heavy atom. The van der Waals surface area contributed by atoms with Crippen molar-refractivity contribution in [2.75, 3.05) is 13.1 Å².